The highest BCUT2D eigenvalue weighted by atomic mass is 32.2. The third-order valence-electron chi connectivity index (χ3n) is 5.64. The number of hydrogen-bond donors (Lipinski definition) is 1. The molecule has 0 saturated carbocycles. The van der Waals surface area contributed by atoms with Crippen molar-refractivity contribution in [2.24, 2.45) is 0 Å². The number of nitrogens with one attached hydrogen (secondary N) is 1. The Bertz CT molecular complexity index is 1390. The second-order valence-corrected chi connectivity index (χ2v) is 10.1. The standard InChI is InChI=1S/C26H24N2O6S/c1-35(32,33)28-15-7-10-19-16-20(13-14-23(19)28)24(29)17-34-26(31)21-11-5-6-12-22(21)27-25(30)18-8-3-2-4-9-18/h2-6,8-9,11-14,16H,7,10,15,17H2,1H3,(H,27,30). The van der Waals surface area contributed by atoms with Gasteiger partial charge in [-0.25, -0.2) is 13.2 Å². The number of anilines is 2. The summed E-state index contributed by atoms with van der Waals surface area (Å²) in [6, 6.07) is 19.8. The maximum atomic E-state index is 12.7. The van der Waals surface area contributed by atoms with Gasteiger partial charge in [-0.1, -0.05) is 30.3 Å². The maximum Gasteiger partial charge on any atom is 0.340 e. The van der Waals surface area contributed by atoms with Crippen LogP contribution in [0.1, 0.15) is 43.1 Å². The third-order valence-corrected chi connectivity index (χ3v) is 6.82. The van der Waals surface area contributed by atoms with Crippen molar-refractivity contribution < 1.29 is 27.5 Å². The predicted molar refractivity (Wildman–Crippen MR) is 132 cm³/mol. The quantitative estimate of drug-likeness (QED) is 0.398. The van der Waals surface area contributed by atoms with E-state index < -0.39 is 28.4 Å². The first-order valence-corrected chi connectivity index (χ1v) is 12.9. The van der Waals surface area contributed by atoms with Gasteiger partial charge in [0.2, 0.25) is 10.0 Å². The number of amides is 1. The van der Waals surface area contributed by atoms with Crippen LogP contribution < -0.4 is 9.62 Å². The molecule has 180 valence electrons. The molecule has 0 spiro atoms. The lowest BCUT2D eigenvalue weighted by molar-refractivity contribution is 0.0475. The number of esters is 1. The number of sulfonamides is 1. The number of hydrogen-bond acceptors (Lipinski definition) is 6. The van der Waals surface area contributed by atoms with E-state index in [9.17, 15) is 22.8 Å². The van der Waals surface area contributed by atoms with E-state index in [-0.39, 0.29) is 17.2 Å². The molecule has 9 heteroatoms. The summed E-state index contributed by atoms with van der Waals surface area (Å²) in [6.07, 6.45) is 2.45. The lowest BCUT2D eigenvalue weighted by Gasteiger charge is -2.29. The van der Waals surface area contributed by atoms with E-state index in [0.717, 1.165) is 11.8 Å². The summed E-state index contributed by atoms with van der Waals surface area (Å²) < 4.78 is 30.6. The first-order chi connectivity index (χ1) is 16.7. The molecule has 1 aliphatic heterocycles. The number of ether oxygens (including phenoxy) is 1. The molecule has 0 bridgehead atoms. The van der Waals surface area contributed by atoms with Crippen LogP contribution in [0.15, 0.2) is 72.8 Å². The van der Waals surface area contributed by atoms with Gasteiger partial charge in [-0.3, -0.25) is 13.9 Å². The van der Waals surface area contributed by atoms with E-state index in [1.54, 1.807) is 60.7 Å². The number of Topliss-reactive ketones (excluding diaryl/α,β-unsaturated/α-hetero) is 1. The highest BCUT2D eigenvalue weighted by Crippen LogP contribution is 2.30. The van der Waals surface area contributed by atoms with Crippen LogP contribution in [0.3, 0.4) is 0 Å². The van der Waals surface area contributed by atoms with Crippen molar-refractivity contribution in [2.45, 2.75) is 12.8 Å². The Morgan fingerprint density at radius 2 is 1.66 bits per heavy atom. The zero-order chi connectivity index (χ0) is 25.0. The molecule has 0 saturated heterocycles. The second kappa shape index (κ2) is 10.1. The molecule has 3 aromatic carbocycles. The van der Waals surface area contributed by atoms with Gasteiger partial charge >= 0.3 is 5.97 Å². The molecule has 4 rings (SSSR count). The maximum absolute atomic E-state index is 12.7. The summed E-state index contributed by atoms with van der Waals surface area (Å²) in [5.41, 5.74) is 2.49. The summed E-state index contributed by atoms with van der Waals surface area (Å²) in [5, 5.41) is 2.70. The second-order valence-electron chi connectivity index (χ2n) is 8.15. The molecular weight excluding hydrogens is 468 g/mol. The van der Waals surface area contributed by atoms with E-state index in [4.69, 9.17) is 4.74 Å². The van der Waals surface area contributed by atoms with Gasteiger partial charge < -0.3 is 10.1 Å². The number of aryl methyl sites for hydroxylation is 1. The first-order valence-electron chi connectivity index (χ1n) is 11.0. The van der Waals surface area contributed by atoms with Crippen molar-refractivity contribution in [1.29, 1.82) is 0 Å². The zero-order valence-corrected chi connectivity index (χ0v) is 19.9. The summed E-state index contributed by atoms with van der Waals surface area (Å²) >= 11 is 0. The Hall–Kier alpha value is -3.98. The Morgan fingerprint density at radius 1 is 0.943 bits per heavy atom. The minimum atomic E-state index is -3.41. The summed E-state index contributed by atoms with van der Waals surface area (Å²) in [7, 11) is -3.41. The van der Waals surface area contributed by atoms with E-state index >= 15 is 0 Å². The lowest BCUT2D eigenvalue weighted by Crippen LogP contribution is -2.34. The average molecular weight is 493 g/mol. The molecule has 3 aromatic rings. The van der Waals surface area contributed by atoms with Crippen LogP contribution in [0.2, 0.25) is 0 Å². The van der Waals surface area contributed by atoms with Gasteiger partial charge in [0, 0.05) is 17.7 Å². The number of carbonyl (C=O) groups excluding carboxylic acids is 3. The van der Waals surface area contributed by atoms with E-state index in [1.807, 2.05) is 0 Å². The highest BCUT2D eigenvalue weighted by molar-refractivity contribution is 7.92. The van der Waals surface area contributed by atoms with Gasteiger partial charge in [0.1, 0.15) is 0 Å². The molecule has 8 nitrogen and oxygen atoms in total. The molecule has 1 aliphatic rings. The normalized spacial score (nSPS) is 13.0. The van der Waals surface area contributed by atoms with Gasteiger partial charge in [-0.2, -0.15) is 0 Å². The number of para-hydroxylation sites is 1. The van der Waals surface area contributed by atoms with Gasteiger partial charge in [-0.05, 0) is 60.9 Å². The van der Waals surface area contributed by atoms with Crippen LogP contribution in [-0.2, 0) is 21.2 Å². The van der Waals surface area contributed by atoms with Gasteiger partial charge in [0.25, 0.3) is 5.91 Å². The van der Waals surface area contributed by atoms with Crippen LogP contribution in [0.4, 0.5) is 11.4 Å². The molecule has 1 N–H and O–H groups in total. The summed E-state index contributed by atoms with van der Waals surface area (Å²) in [6.45, 7) is -0.0919. The number of nitrogens with zero attached hydrogens (tertiary/aromatic N) is 1. The largest absolute Gasteiger partial charge is 0.454 e. The Kier molecular flexibility index (Phi) is 6.97. The SMILES string of the molecule is CS(=O)(=O)N1CCCc2cc(C(=O)COC(=O)c3ccccc3NC(=O)c3ccccc3)ccc21. The van der Waals surface area contributed by atoms with Crippen molar-refractivity contribution in [2.75, 3.05) is 29.0 Å². The van der Waals surface area contributed by atoms with Crippen LogP contribution in [-0.4, -0.2) is 45.5 Å². The molecule has 0 unspecified atom stereocenters. The number of rotatable bonds is 7. The molecular formula is C26H24N2O6S. The van der Waals surface area contributed by atoms with Crippen LogP contribution >= 0.6 is 0 Å². The number of ketones is 1. The smallest absolute Gasteiger partial charge is 0.340 e. The minimum Gasteiger partial charge on any atom is -0.454 e. The average Bonchev–Trinajstić information content (AvgIpc) is 2.86. The molecule has 1 heterocycles. The van der Waals surface area contributed by atoms with E-state index in [2.05, 4.69) is 5.32 Å². The van der Waals surface area contributed by atoms with Crippen molar-refractivity contribution >= 4 is 39.1 Å². The van der Waals surface area contributed by atoms with Crippen molar-refractivity contribution in [3.63, 3.8) is 0 Å². The van der Waals surface area contributed by atoms with Crippen molar-refractivity contribution in [3.8, 4) is 0 Å². The molecule has 0 radical (unpaired) electrons. The zero-order valence-electron chi connectivity index (χ0n) is 19.1. The predicted octanol–water partition coefficient (Wildman–Crippen LogP) is 3.69. The van der Waals surface area contributed by atoms with Crippen molar-refractivity contribution in [1.82, 2.24) is 0 Å². The van der Waals surface area contributed by atoms with Crippen LogP contribution in [0, 0.1) is 0 Å². The van der Waals surface area contributed by atoms with Crippen LogP contribution in [0.5, 0.6) is 0 Å². The Morgan fingerprint density at radius 3 is 2.40 bits per heavy atom. The molecule has 0 fully saturated rings. The number of carbonyl (C=O) groups is 3. The Balaban J connectivity index is 1.44. The topological polar surface area (TPSA) is 110 Å². The van der Waals surface area contributed by atoms with E-state index in [1.165, 1.54) is 16.4 Å². The number of fused-ring (bicyclic) bond motifs is 1. The molecule has 0 aliphatic carbocycles. The van der Waals surface area contributed by atoms with Gasteiger partial charge in [0.15, 0.2) is 12.4 Å². The Labute approximate surface area is 203 Å². The lowest BCUT2D eigenvalue weighted by atomic mass is 9.99. The fraction of sp³-hybridized carbons (Fsp3) is 0.192. The van der Waals surface area contributed by atoms with E-state index in [0.29, 0.717) is 36.2 Å². The number of benzene rings is 3. The monoisotopic (exact) mass is 492 g/mol. The highest BCUT2D eigenvalue weighted by Gasteiger charge is 2.25. The summed E-state index contributed by atoms with van der Waals surface area (Å²) in [5.74, 6) is -1.54. The third kappa shape index (κ3) is 5.58. The fourth-order valence-electron chi connectivity index (χ4n) is 3.93. The van der Waals surface area contributed by atoms with Gasteiger partial charge in [0.05, 0.1) is 23.2 Å². The molecule has 1 amide bonds. The molecule has 0 aromatic heterocycles. The van der Waals surface area contributed by atoms with Crippen molar-refractivity contribution in [3.05, 3.63) is 95.1 Å². The molecule has 35 heavy (non-hydrogen) atoms. The van der Waals surface area contributed by atoms with Crippen LogP contribution in [0.25, 0.3) is 0 Å². The minimum absolute atomic E-state index is 0.124. The first kappa shape index (κ1) is 24.2. The fourth-order valence-corrected chi connectivity index (χ4v) is 4.92. The molecule has 0 atom stereocenters. The van der Waals surface area contributed by atoms with Gasteiger partial charge in [-0.15, -0.1) is 0 Å². The summed E-state index contributed by atoms with van der Waals surface area (Å²) in [4.78, 5) is 37.9.